The molecular formula is C49H40N2O4. The van der Waals surface area contributed by atoms with Gasteiger partial charge in [0.2, 0.25) is 11.8 Å². The minimum atomic E-state index is -1.51. The zero-order chi connectivity index (χ0) is 38.0. The van der Waals surface area contributed by atoms with E-state index in [1.807, 2.05) is 176 Å². The van der Waals surface area contributed by atoms with E-state index in [1.165, 1.54) is 5.56 Å². The van der Waals surface area contributed by atoms with Gasteiger partial charge in [-0.05, 0) is 89.8 Å². The Balaban J connectivity index is 0.000000551. The Hall–Kier alpha value is -6.92. The van der Waals surface area contributed by atoms with E-state index < -0.39 is 10.8 Å². The van der Waals surface area contributed by atoms with E-state index in [4.69, 9.17) is 9.47 Å². The van der Waals surface area contributed by atoms with Crippen LogP contribution in [0.3, 0.4) is 0 Å². The molecule has 6 heteroatoms. The summed E-state index contributed by atoms with van der Waals surface area (Å²) in [6.45, 7) is 2.08. The first kappa shape index (κ1) is 35.1. The maximum Gasteiger partial charge on any atom is 0.248 e. The fourth-order valence-corrected chi connectivity index (χ4v) is 8.36. The lowest BCUT2D eigenvalue weighted by Crippen LogP contribution is -2.60. The van der Waals surface area contributed by atoms with Crippen molar-refractivity contribution in [3.63, 3.8) is 0 Å². The molecule has 2 aliphatic heterocycles. The highest BCUT2D eigenvalue weighted by molar-refractivity contribution is 6.25. The summed E-state index contributed by atoms with van der Waals surface area (Å²) in [4.78, 5) is 35.5. The lowest BCUT2D eigenvalue weighted by Gasteiger charge is -2.45. The Labute approximate surface area is 321 Å². The predicted octanol–water partition coefficient (Wildman–Crippen LogP) is 10.3. The van der Waals surface area contributed by atoms with Gasteiger partial charge in [-0.1, -0.05) is 133 Å². The molecule has 2 heterocycles. The summed E-state index contributed by atoms with van der Waals surface area (Å²) in [6, 6.07) is 60.4. The van der Waals surface area contributed by atoms with Gasteiger partial charge in [-0.25, -0.2) is 0 Å². The highest BCUT2D eigenvalue weighted by atomic mass is 16.5. The van der Waals surface area contributed by atoms with Crippen LogP contribution in [0.5, 0.6) is 11.5 Å². The Kier molecular flexibility index (Phi) is 9.25. The first-order valence-corrected chi connectivity index (χ1v) is 18.3. The van der Waals surface area contributed by atoms with Crippen molar-refractivity contribution in [2.45, 2.75) is 17.8 Å². The standard InChI is InChI=1S/C42H32N2O4.C7H8/c1-47-33-25-21-31(22-26-33)43-37-19-11-9-17-35(37)41(39(43)45,29-13-5-3-6-14-29)42(30-15-7-4-8-16-30)36-18-10-12-20-38(36)44(40(42)46)32-23-27-34(48-2)28-24-32;1-7-5-3-2-4-6-7/h3-28H,1-2H3;2-6H,1H3/t41-,42+;. The van der Waals surface area contributed by atoms with Crippen molar-refractivity contribution in [1.29, 1.82) is 0 Å². The molecule has 9 rings (SSSR count). The van der Waals surface area contributed by atoms with Crippen LogP contribution >= 0.6 is 0 Å². The molecule has 6 nitrogen and oxygen atoms in total. The lowest BCUT2D eigenvalue weighted by atomic mass is 9.52. The zero-order valence-corrected chi connectivity index (χ0v) is 30.9. The zero-order valence-electron chi connectivity index (χ0n) is 30.9. The molecule has 270 valence electrons. The average molecular weight is 721 g/mol. The predicted molar refractivity (Wildman–Crippen MR) is 219 cm³/mol. The molecule has 0 unspecified atom stereocenters. The highest BCUT2D eigenvalue weighted by Crippen LogP contribution is 2.65. The molecule has 2 aliphatic rings. The Morgan fingerprint density at radius 1 is 0.400 bits per heavy atom. The summed E-state index contributed by atoms with van der Waals surface area (Å²) in [7, 11) is 3.24. The fourth-order valence-electron chi connectivity index (χ4n) is 8.36. The monoisotopic (exact) mass is 720 g/mol. The Morgan fingerprint density at radius 3 is 1.05 bits per heavy atom. The van der Waals surface area contributed by atoms with Crippen molar-refractivity contribution >= 4 is 34.6 Å². The summed E-state index contributed by atoms with van der Waals surface area (Å²) in [5.41, 5.74) is 4.05. The maximum absolute atomic E-state index is 16.0. The first-order valence-electron chi connectivity index (χ1n) is 18.3. The summed E-state index contributed by atoms with van der Waals surface area (Å²) in [5, 5.41) is 0. The third-order valence-corrected chi connectivity index (χ3v) is 10.7. The lowest BCUT2D eigenvalue weighted by molar-refractivity contribution is -0.130. The van der Waals surface area contributed by atoms with E-state index in [0.717, 1.165) is 33.6 Å². The van der Waals surface area contributed by atoms with Gasteiger partial charge in [0.15, 0.2) is 0 Å². The van der Waals surface area contributed by atoms with Crippen LogP contribution in [0.15, 0.2) is 188 Å². The Bertz CT molecular complexity index is 2300. The molecule has 7 aromatic rings. The van der Waals surface area contributed by atoms with Crippen molar-refractivity contribution in [3.05, 3.63) is 216 Å². The number of para-hydroxylation sites is 2. The van der Waals surface area contributed by atoms with Gasteiger partial charge in [-0.3, -0.25) is 19.4 Å². The number of carbonyl (C=O) groups is 2. The normalized spacial score (nSPS) is 18.2. The number of methoxy groups -OCH3 is 2. The second-order valence-electron chi connectivity index (χ2n) is 13.6. The number of benzene rings is 7. The number of carbonyl (C=O) groups excluding carboxylic acids is 2. The van der Waals surface area contributed by atoms with E-state index in [-0.39, 0.29) is 11.8 Å². The second kappa shape index (κ2) is 14.5. The van der Waals surface area contributed by atoms with Crippen LogP contribution in [0.4, 0.5) is 22.7 Å². The van der Waals surface area contributed by atoms with Crippen molar-refractivity contribution in [2.24, 2.45) is 0 Å². The number of nitrogens with zero attached hydrogens (tertiary/aromatic N) is 2. The molecule has 0 spiro atoms. The van der Waals surface area contributed by atoms with E-state index in [9.17, 15) is 0 Å². The van der Waals surface area contributed by atoms with E-state index in [2.05, 4.69) is 19.1 Å². The molecule has 0 aromatic heterocycles. The number of anilines is 4. The third-order valence-electron chi connectivity index (χ3n) is 10.7. The highest BCUT2D eigenvalue weighted by Gasteiger charge is 2.72. The smallest absolute Gasteiger partial charge is 0.248 e. The van der Waals surface area contributed by atoms with Gasteiger partial charge >= 0.3 is 0 Å². The molecule has 0 bridgehead atoms. The van der Waals surface area contributed by atoms with Crippen LogP contribution in [-0.4, -0.2) is 26.0 Å². The number of aryl methyl sites for hydroxylation is 1. The van der Waals surface area contributed by atoms with E-state index in [0.29, 0.717) is 22.9 Å². The van der Waals surface area contributed by atoms with Crippen LogP contribution in [-0.2, 0) is 20.4 Å². The molecule has 55 heavy (non-hydrogen) atoms. The van der Waals surface area contributed by atoms with Crippen molar-refractivity contribution in [1.82, 2.24) is 0 Å². The second-order valence-corrected chi connectivity index (χ2v) is 13.6. The van der Waals surface area contributed by atoms with Crippen LogP contribution < -0.4 is 19.3 Å². The van der Waals surface area contributed by atoms with E-state index in [1.54, 1.807) is 24.0 Å². The Morgan fingerprint density at radius 2 is 0.727 bits per heavy atom. The van der Waals surface area contributed by atoms with Crippen molar-refractivity contribution in [3.8, 4) is 11.5 Å². The molecule has 0 fully saturated rings. The van der Waals surface area contributed by atoms with Gasteiger partial charge in [-0.2, -0.15) is 0 Å². The van der Waals surface area contributed by atoms with Gasteiger partial charge in [0.25, 0.3) is 0 Å². The first-order chi connectivity index (χ1) is 27.0. The summed E-state index contributed by atoms with van der Waals surface area (Å²) in [6.07, 6.45) is 0. The van der Waals surface area contributed by atoms with Crippen LogP contribution in [0.2, 0.25) is 0 Å². The number of hydrogen-bond donors (Lipinski definition) is 0. The largest absolute Gasteiger partial charge is 0.497 e. The minimum absolute atomic E-state index is 0.219. The molecule has 0 aliphatic carbocycles. The van der Waals surface area contributed by atoms with E-state index >= 15 is 9.59 Å². The molecule has 0 N–H and O–H groups in total. The topological polar surface area (TPSA) is 59.1 Å². The number of ether oxygens (including phenoxy) is 2. The van der Waals surface area contributed by atoms with Crippen LogP contribution in [0, 0.1) is 6.92 Å². The molecule has 2 amide bonds. The summed E-state index contributed by atoms with van der Waals surface area (Å²) in [5.74, 6) is 0.930. The van der Waals surface area contributed by atoms with Gasteiger partial charge < -0.3 is 9.47 Å². The molecule has 0 saturated heterocycles. The SMILES string of the molecule is COc1ccc(N2C(=O)[C@@](c3ccccc3)([C@@]3(c4ccccc4)C(=O)N(c4ccc(OC)cc4)c4ccccc43)c3ccccc32)cc1.Cc1ccccc1. The van der Waals surface area contributed by atoms with Crippen LogP contribution in [0.25, 0.3) is 0 Å². The summed E-state index contributed by atoms with van der Waals surface area (Å²) < 4.78 is 10.9. The molecule has 7 aromatic carbocycles. The number of fused-ring (bicyclic) bond motifs is 2. The molecule has 0 radical (unpaired) electrons. The fraction of sp³-hybridized carbons (Fsp3) is 0.102. The van der Waals surface area contributed by atoms with Crippen LogP contribution in [0.1, 0.15) is 27.8 Å². The van der Waals surface area contributed by atoms with Gasteiger partial charge in [0.1, 0.15) is 22.3 Å². The minimum Gasteiger partial charge on any atom is -0.497 e. The maximum atomic E-state index is 16.0. The number of amides is 2. The number of hydrogen-bond acceptors (Lipinski definition) is 4. The summed E-state index contributed by atoms with van der Waals surface area (Å²) >= 11 is 0. The van der Waals surface area contributed by atoms with Crippen molar-refractivity contribution < 1.29 is 19.1 Å². The molecule has 0 saturated carbocycles. The number of rotatable bonds is 7. The molecular weight excluding hydrogens is 681 g/mol. The average Bonchev–Trinajstić information content (AvgIpc) is 3.67. The van der Waals surface area contributed by atoms with Gasteiger partial charge in [-0.15, -0.1) is 0 Å². The third kappa shape index (κ3) is 5.48. The van der Waals surface area contributed by atoms with Gasteiger partial charge in [0, 0.05) is 11.4 Å². The van der Waals surface area contributed by atoms with Gasteiger partial charge in [0.05, 0.1) is 25.6 Å². The molecule has 2 atom stereocenters. The van der Waals surface area contributed by atoms with Crippen molar-refractivity contribution in [2.75, 3.05) is 24.0 Å². The quantitative estimate of drug-likeness (QED) is 0.165.